The molecular weight excluding hydrogens is 342 g/mol. The van der Waals surface area contributed by atoms with Gasteiger partial charge in [0.1, 0.15) is 5.69 Å². The first-order chi connectivity index (χ1) is 13.0. The van der Waals surface area contributed by atoms with E-state index in [-0.39, 0.29) is 5.95 Å². The van der Waals surface area contributed by atoms with Gasteiger partial charge in [-0.15, -0.1) is 0 Å². The Labute approximate surface area is 156 Å². The van der Waals surface area contributed by atoms with E-state index < -0.39 is 5.91 Å². The highest BCUT2D eigenvalue weighted by atomic mass is 16.1. The van der Waals surface area contributed by atoms with Crippen LogP contribution in [0.3, 0.4) is 0 Å². The number of fused-ring (bicyclic) bond motifs is 1. The highest BCUT2D eigenvalue weighted by Gasteiger charge is 2.20. The summed E-state index contributed by atoms with van der Waals surface area (Å²) in [7, 11) is 0. The number of primary amides is 1. The Hall–Kier alpha value is -3.26. The van der Waals surface area contributed by atoms with Crippen LogP contribution in [0.15, 0.2) is 36.5 Å². The van der Waals surface area contributed by atoms with Crippen LogP contribution in [0.5, 0.6) is 0 Å². The minimum Gasteiger partial charge on any atom is -0.368 e. The number of carbonyl (C=O) groups excluding carboxylic acids is 1. The van der Waals surface area contributed by atoms with Crippen LogP contribution in [-0.2, 0) is 19.6 Å². The molecule has 27 heavy (non-hydrogen) atoms. The SMILES string of the molecule is Cc1cc(-c2ccnc(N)n2)ccc1CN1CCn2nc(C(N)=O)cc2C1. The fourth-order valence-corrected chi connectivity index (χ4v) is 3.38. The van der Waals surface area contributed by atoms with Gasteiger partial charge in [0.05, 0.1) is 17.9 Å². The van der Waals surface area contributed by atoms with E-state index in [2.05, 4.69) is 45.1 Å². The summed E-state index contributed by atoms with van der Waals surface area (Å²) in [5.41, 5.74) is 16.6. The van der Waals surface area contributed by atoms with Crippen molar-refractivity contribution in [2.45, 2.75) is 26.6 Å². The van der Waals surface area contributed by atoms with E-state index in [4.69, 9.17) is 11.5 Å². The molecule has 1 aliphatic rings. The van der Waals surface area contributed by atoms with E-state index in [1.165, 1.54) is 11.1 Å². The Bertz CT molecular complexity index is 1010. The van der Waals surface area contributed by atoms with Crippen LogP contribution in [0.2, 0.25) is 0 Å². The van der Waals surface area contributed by atoms with Crippen molar-refractivity contribution in [3.8, 4) is 11.3 Å². The summed E-state index contributed by atoms with van der Waals surface area (Å²) in [6, 6.07) is 9.95. The summed E-state index contributed by atoms with van der Waals surface area (Å²) in [6.07, 6.45) is 1.66. The number of aromatic nitrogens is 4. The number of rotatable bonds is 4. The zero-order chi connectivity index (χ0) is 19.0. The van der Waals surface area contributed by atoms with Crippen molar-refractivity contribution in [1.82, 2.24) is 24.6 Å². The Morgan fingerprint density at radius 3 is 2.81 bits per heavy atom. The molecule has 0 aliphatic carbocycles. The van der Waals surface area contributed by atoms with Gasteiger partial charge >= 0.3 is 0 Å². The number of carbonyl (C=O) groups is 1. The van der Waals surface area contributed by atoms with Crippen LogP contribution >= 0.6 is 0 Å². The molecule has 0 bridgehead atoms. The molecule has 0 saturated heterocycles. The fourth-order valence-electron chi connectivity index (χ4n) is 3.38. The van der Waals surface area contributed by atoms with Crippen molar-refractivity contribution in [2.24, 2.45) is 5.73 Å². The highest BCUT2D eigenvalue weighted by molar-refractivity contribution is 5.90. The van der Waals surface area contributed by atoms with Crippen molar-refractivity contribution < 1.29 is 4.79 Å². The van der Waals surface area contributed by atoms with Crippen molar-refractivity contribution in [3.63, 3.8) is 0 Å². The summed E-state index contributed by atoms with van der Waals surface area (Å²) in [5, 5.41) is 4.25. The predicted octanol–water partition coefficient (Wildman–Crippen LogP) is 1.35. The van der Waals surface area contributed by atoms with Gasteiger partial charge in [0.15, 0.2) is 0 Å². The van der Waals surface area contributed by atoms with Crippen molar-refractivity contribution in [2.75, 3.05) is 12.3 Å². The van der Waals surface area contributed by atoms with Gasteiger partial charge in [-0.3, -0.25) is 14.4 Å². The Morgan fingerprint density at radius 1 is 1.22 bits per heavy atom. The highest BCUT2D eigenvalue weighted by Crippen LogP contribution is 2.23. The third-order valence-corrected chi connectivity index (χ3v) is 4.84. The maximum atomic E-state index is 11.3. The molecule has 0 fully saturated rings. The predicted molar refractivity (Wildman–Crippen MR) is 101 cm³/mol. The fraction of sp³-hybridized carbons (Fsp3) is 0.263. The molecule has 1 aromatic carbocycles. The summed E-state index contributed by atoms with van der Waals surface area (Å²) in [4.78, 5) is 21.9. The molecule has 3 heterocycles. The van der Waals surface area contributed by atoms with Crippen LogP contribution in [0, 0.1) is 6.92 Å². The van der Waals surface area contributed by atoms with Crippen LogP contribution in [-0.4, -0.2) is 37.1 Å². The third-order valence-electron chi connectivity index (χ3n) is 4.84. The first-order valence-electron chi connectivity index (χ1n) is 8.77. The number of nitrogens with zero attached hydrogens (tertiary/aromatic N) is 5. The standard InChI is InChI=1S/C19H21N7O/c1-12-8-13(16-4-5-22-19(21)23-16)2-3-14(12)10-25-6-7-26-15(11-25)9-17(24-26)18(20)27/h2-5,8-9H,6-7,10-11H2,1H3,(H2,20,27)(H2,21,22,23). The number of anilines is 1. The number of benzene rings is 1. The number of hydrogen-bond donors (Lipinski definition) is 2. The lowest BCUT2D eigenvalue weighted by atomic mass is 10.0. The Balaban J connectivity index is 1.50. The van der Waals surface area contributed by atoms with Crippen molar-refractivity contribution in [3.05, 3.63) is 59.0 Å². The smallest absolute Gasteiger partial charge is 0.269 e. The van der Waals surface area contributed by atoms with E-state index in [1.807, 2.05) is 10.7 Å². The monoisotopic (exact) mass is 363 g/mol. The van der Waals surface area contributed by atoms with E-state index in [9.17, 15) is 4.79 Å². The quantitative estimate of drug-likeness (QED) is 0.723. The second kappa shape index (κ2) is 6.81. The van der Waals surface area contributed by atoms with Gasteiger partial charge < -0.3 is 11.5 Å². The van der Waals surface area contributed by atoms with E-state index in [0.717, 1.165) is 43.1 Å². The minimum atomic E-state index is -0.486. The van der Waals surface area contributed by atoms with Gasteiger partial charge in [0, 0.05) is 31.4 Å². The van der Waals surface area contributed by atoms with Crippen molar-refractivity contribution in [1.29, 1.82) is 0 Å². The first-order valence-corrected chi connectivity index (χ1v) is 8.77. The third kappa shape index (κ3) is 3.52. The molecule has 138 valence electrons. The maximum absolute atomic E-state index is 11.3. The molecule has 0 unspecified atom stereocenters. The summed E-state index contributed by atoms with van der Waals surface area (Å²) in [5.74, 6) is -0.213. The molecule has 8 nitrogen and oxygen atoms in total. The number of amides is 1. The maximum Gasteiger partial charge on any atom is 0.269 e. The average Bonchev–Trinajstić information content (AvgIpc) is 3.07. The number of nitrogen functional groups attached to an aromatic ring is 1. The molecule has 1 amide bonds. The molecule has 0 saturated carbocycles. The normalized spacial score (nSPS) is 14.1. The Kier molecular flexibility index (Phi) is 4.33. The molecule has 0 spiro atoms. The average molecular weight is 363 g/mol. The van der Waals surface area contributed by atoms with E-state index in [0.29, 0.717) is 5.69 Å². The molecule has 2 aromatic heterocycles. The summed E-state index contributed by atoms with van der Waals surface area (Å²) < 4.78 is 1.87. The topological polar surface area (TPSA) is 116 Å². The second-order valence-electron chi connectivity index (χ2n) is 6.76. The number of aryl methyl sites for hydroxylation is 1. The molecule has 4 rings (SSSR count). The van der Waals surface area contributed by atoms with Gasteiger partial charge in [0.2, 0.25) is 5.95 Å². The molecule has 8 heteroatoms. The lowest BCUT2D eigenvalue weighted by molar-refractivity contribution is 0.0994. The molecule has 0 radical (unpaired) electrons. The molecule has 1 aliphatic heterocycles. The molecular formula is C19H21N7O. The summed E-state index contributed by atoms with van der Waals surface area (Å²) >= 11 is 0. The van der Waals surface area contributed by atoms with Crippen LogP contribution in [0.25, 0.3) is 11.3 Å². The molecule has 3 aromatic rings. The van der Waals surface area contributed by atoms with Crippen LogP contribution in [0.1, 0.15) is 27.3 Å². The largest absolute Gasteiger partial charge is 0.368 e. The van der Waals surface area contributed by atoms with Crippen LogP contribution in [0.4, 0.5) is 5.95 Å². The number of nitrogens with two attached hydrogens (primary N) is 2. The zero-order valence-corrected chi connectivity index (χ0v) is 15.1. The first kappa shape index (κ1) is 17.2. The zero-order valence-electron chi connectivity index (χ0n) is 15.1. The van der Waals surface area contributed by atoms with Gasteiger partial charge in [-0.2, -0.15) is 5.10 Å². The number of hydrogen-bond acceptors (Lipinski definition) is 6. The Morgan fingerprint density at radius 2 is 2.07 bits per heavy atom. The van der Waals surface area contributed by atoms with E-state index >= 15 is 0 Å². The van der Waals surface area contributed by atoms with Gasteiger partial charge in [-0.25, -0.2) is 9.97 Å². The van der Waals surface area contributed by atoms with Gasteiger partial charge in [0.25, 0.3) is 5.91 Å². The van der Waals surface area contributed by atoms with Gasteiger partial charge in [-0.1, -0.05) is 12.1 Å². The minimum absolute atomic E-state index is 0.273. The van der Waals surface area contributed by atoms with Crippen LogP contribution < -0.4 is 11.5 Å². The molecule has 0 atom stereocenters. The van der Waals surface area contributed by atoms with Crippen molar-refractivity contribution >= 4 is 11.9 Å². The lowest BCUT2D eigenvalue weighted by Gasteiger charge is -2.28. The van der Waals surface area contributed by atoms with E-state index in [1.54, 1.807) is 12.3 Å². The summed E-state index contributed by atoms with van der Waals surface area (Å²) in [6.45, 7) is 5.29. The van der Waals surface area contributed by atoms with Gasteiger partial charge in [-0.05, 0) is 36.2 Å². The lowest BCUT2D eigenvalue weighted by Crippen LogP contribution is -2.33. The molecule has 4 N–H and O–H groups in total. The second-order valence-corrected chi connectivity index (χ2v) is 6.76.